The first-order valence-electron chi connectivity index (χ1n) is 1.19. The van der Waals surface area contributed by atoms with Crippen LogP contribution < -0.4 is 4.89 Å². The second-order valence-electron chi connectivity index (χ2n) is 0.272. The first-order valence-corrected chi connectivity index (χ1v) is 1.83. The van der Waals surface area contributed by atoms with Gasteiger partial charge in [0.25, 0.3) is 0 Å². The van der Waals surface area contributed by atoms with Gasteiger partial charge in [0.2, 0.25) is 0 Å². The summed E-state index contributed by atoms with van der Waals surface area (Å²) in [5.41, 5.74) is 0. The van der Waals surface area contributed by atoms with Gasteiger partial charge >= 0.3 is 0 Å². The Morgan fingerprint density at radius 2 is 2.75 bits per heavy atom. The third kappa shape index (κ3) is 30.9. The lowest BCUT2D eigenvalue weighted by Crippen LogP contribution is -1.83. The van der Waals surface area contributed by atoms with E-state index in [-0.39, 0.29) is 7.53 Å². The van der Waals surface area contributed by atoms with Crippen LogP contribution in [0.15, 0.2) is 0 Å². The van der Waals surface area contributed by atoms with Gasteiger partial charge in [0.1, 0.15) is 7.53 Å². The molecule has 0 saturated heterocycles. The number of rotatable bonds is 1. The molecule has 4 heavy (non-hydrogen) atoms. The van der Waals surface area contributed by atoms with E-state index in [9.17, 15) is 4.20 Å². The monoisotopic (exact) mass is 80.0 g/mol. The molecule has 0 aromatic heterocycles. The molecule has 0 aliphatic rings. The van der Waals surface area contributed by atoms with Crippen molar-refractivity contribution in [3.63, 3.8) is 0 Å². The molecule has 1 nitrogen and oxygen atoms in total. The molecule has 0 aliphatic carbocycles. The highest BCUT2D eigenvalue weighted by molar-refractivity contribution is 7.71. The molecule has 0 aliphatic heterocycles. The maximum atomic E-state index is 10.7. The average Bonchev–Trinajstić information content (AvgIpc) is 1.38. The molecule has 0 rings (SSSR count). The van der Waals surface area contributed by atoms with Crippen LogP contribution in [0.3, 0.4) is 0 Å². The van der Waals surface area contributed by atoms with Crippen LogP contribution in [-0.4, -0.2) is 8.86 Å². The quantitative estimate of drug-likeness (QED) is 0.306. The Bertz CT molecular complexity index is 25.6. The summed E-state index contributed by atoms with van der Waals surface area (Å²) in [6.07, 6.45) is 0. The average molecular weight is 79.8 g/mol. The van der Waals surface area contributed by atoms with Crippen LogP contribution in [0.4, 0.5) is 4.20 Å². The van der Waals surface area contributed by atoms with E-state index in [0.29, 0.717) is 0 Å². The van der Waals surface area contributed by atoms with Crippen molar-refractivity contribution in [2.75, 3.05) is 0 Å². The van der Waals surface area contributed by atoms with Gasteiger partial charge in [-0.05, 0) is 1.34 Å². The van der Waals surface area contributed by atoms with Crippen LogP contribution >= 0.6 is 8.34 Å². The first-order chi connectivity index (χ1) is 2.27. The SMILES string of the molecule is [3H][B]P([O-])F. The molecule has 1 atom stereocenters. The van der Waals surface area contributed by atoms with Crippen molar-refractivity contribution >= 4 is 15.9 Å². The van der Waals surface area contributed by atoms with Gasteiger partial charge in [-0.2, -0.15) is 0 Å². The summed E-state index contributed by atoms with van der Waals surface area (Å²) in [4.78, 5) is 9.05. The molecular weight excluding hydrogens is 76.8 g/mol. The molecule has 0 bridgehead atoms. The third-order valence-electron chi connectivity index (χ3n) is 0. The van der Waals surface area contributed by atoms with Crippen molar-refractivity contribution in [1.82, 2.24) is 0 Å². The molecule has 1 unspecified atom stereocenters. The van der Waals surface area contributed by atoms with Crippen LogP contribution in [-0.2, 0) is 0 Å². The second-order valence-corrected chi connectivity index (χ2v) is 0.816. The highest BCUT2D eigenvalue weighted by Crippen LogP contribution is 2.14. The van der Waals surface area contributed by atoms with Crippen molar-refractivity contribution in [3.05, 3.63) is 0 Å². The molecule has 0 amide bonds. The normalized spacial score (nSPS) is 18.0. The fourth-order valence-electron chi connectivity index (χ4n) is 0. The van der Waals surface area contributed by atoms with Gasteiger partial charge in [-0.1, -0.05) is 8.34 Å². The first kappa shape index (κ1) is 2.61. The number of halogens is 1. The smallest absolute Gasteiger partial charge is 0.147 e. The van der Waals surface area contributed by atoms with Gasteiger partial charge in [0.15, 0.2) is 0 Å². The van der Waals surface area contributed by atoms with Gasteiger partial charge in [-0.3, -0.25) is 4.20 Å². The Kier molecular flexibility index (Phi) is 1.10. The van der Waals surface area contributed by atoms with Crippen molar-refractivity contribution in [3.8, 4) is 0 Å². The fourth-order valence-corrected chi connectivity index (χ4v) is 0. The molecule has 0 N–H and O–H groups in total. The van der Waals surface area contributed by atoms with Gasteiger partial charge in [0.05, 0.1) is 0 Å². The minimum Gasteiger partial charge on any atom is -0.812 e. The van der Waals surface area contributed by atoms with Gasteiger partial charge in [0, 0.05) is 0 Å². The van der Waals surface area contributed by atoms with Crippen LogP contribution in [0, 0.1) is 0 Å². The second kappa shape index (κ2) is 1.68. The van der Waals surface area contributed by atoms with E-state index < -0.39 is 8.34 Å². The van der Waals surface area contributed by atoms with Crippen LogP contribution in [0.1, 0.15) is 0 Å². The molecule has 0 saturated carbocycles. The fraction of sp³-hybridized carbons (Fsp3) is 0. The molecule has 23 valence electrons. The van der Waals surface area contributed by atoms with E-state index in [1.54, 1.807) is 0 Å². The van der Waals surface area contributed by atoms with Gasteiger partial charge in [-0.15, -0.1) is 0 Å². The summed E-state index contributed by atoms with van der Waals surface area (Å²) >= 11 is 0. The lowest BCUT2D eigenvalue weighted by molar-refractivity contribution is -0.163. The zero-order valence-corrected chi connectivity index (χ0v) is 2.71. The molecule has 0 heterocycles. The Morgan fingerprint density at radius 1 is 2.50 bits per heavy atom. The van der Waals surface area contributed by atoms with Gasteiger partial charge in [-0.25, -0.2) is 0 Å². The lowest BCUT2D eigenvalue weighted by atomic mass is 10.8. The number of hydrogen-bond donors (Lipinski definition) is 0. The van der Waals surface area contributed by atoms with E-state index >= 15 is 0 Å². The van der Waals surface area contributed by atoms with Gasteiger partial charge < -0.3 is 4.89 Å². The largest absolute Gasteiger partial charge is 0.812 e. The standard InChI is InChI=1S/BFHOP/c1-4(2)3/h1H/q-1/i1T. The van der Waals surface area contributed by atoms with Crippen LogP contribution in [0.5, 0.6) is 0 Å². The molecule has 0 aromatic rings. The van der Waals surface area contributed by atoms with Crippen LogP contribution in [0.25, 0.3) is 0 Å². The van der Waals surface area contributed by atoms with Crippen molar-refractivity contribution < 1.29 is 9.09 Å². The Balaban J connectivity index is 2.54. The summed E-state index contributed by atoms with van der Waals surface area (Å²) in [6.45, 7) is 0. The van der Waals surface area contributed by atoms with Crippen molar-refractivity contribution in [2.45, 2.75) is 0 Å². The Morgan fingerprint density at radius 3 is 2.75 bits per heavy atom. The topological polar surface area (TPSA) is 23.1 Å². The zero-order valence-electron chi connectivity index (χ0n) is 2.81. The van der Waals surface area contributed by atoms with E-state index in [2.05, 4.69) is 0 Å². The predicted octanol–water partition coefficient (Wildman–Crippen LogP) is -0.556. The van der Waals surface area contributed by atoms with Crippen molar-refractivity contribution in [1.29, 1.82) is 1.34 Å². The maximum Gasteiger partial charge on any atom is 0.147 e. The van der Waals surface area contributed by atoms with E-state index in [0.717, 1.165) is 0 Å². The van der Waals surface area contributed by atoms with E-state index in [4.69, 9.17) is 6.23 Å². The highest BCUT2D eigenvalue weighted by atomic mass is 31.2. The molecule has 4 heteroatoms. The van der Waals surface area contributed by atoms with E-state index in [1.165, 1.54) is 0 Å². The minimum absolute atomic E-state index is 0.259. The number of hydrogen-bond acceptors (Lipinski definition) is 1. The minimum atomic E-state index is -2.81. The summed E-state index contributed by atoms with van der Waals surface area (Å²) in [6, 6.07) is 0. The predicted molar refractivity (Wildman–Crippen MR) is 15.2 cm³/mol. The highest BCUT2D eigenvalue weighted by Gasteiger charge is 1.59. The van der Waals surface area contributed by atoms with Crippen molar-refractivity contribution in [2.24, 2.45) is 0 Å². The zero-order chi connectivity index (χ0) is 4.28. The molecule has 1 radical (unpaired) electrons. The van der Waals surface area contributed by atoms with E-state index in [1.807, 2.05) is 0 Å². The summed E-state index contributed by atoms with van der Waals surface area (Å²) in [7, 11) is -2.55. The Hall–Kier alpha value is 0.385. The lowest BCUT2D eigenvalue weighted by Gasteiger charge is -1.97. The maximum absolute atomic E-state index is 10.7. The molecule has 0 aromatic carbocycles. The molecular formula is HBFOP-. The molecule has 0 fully saturated rings. The third-order valence-corrected chi connectivity index (χ3v) is 0. The summed E-state index contributed by atoms with van der Waals surface area (Å²) < 4.78 is 16.6. The summed E-state index contributed by atoms with van der Waals surface area (Å²) in [5.74, 6) is 0. The molecule has 0 spiro atoms. The summed E-state index contributed by atoms with van der Waals surface area (Å²) in [5, 5.41) is 0. The Labute approximate surface area is 27.5 Å². The van der Waals surface area contributed by atoms with Crippen LogP contribution in [0.2, 0.25) is 0 Å².